The predicted molar refractivity (Wildman–Crippen MR) is 227 cm³/mol. The number of aliphatic hydroxyl groups excluding tert-OH is 2. The third-order valence-corrected chi connectivity index (χ3v) is 13.8. The lowest BCUT2D eigenvalue weighted by Gasteiger charge is -2.53. The Morgan fingerprint density at radius 1 is 0.950 bits per heavy atom. The maximum Gasteiger partial charge on any atom is 0.311 e. The Bertz CT molecular complexity index is 1490. The Balaban J connectivity index is 1.76. The normalized spacial score (nSPS) is 45.4. The van der Waals surface area contributed by atoms with Gasteiger partial charge in [0.25, 0.3) is 0 Å². The van der Waals surface area contributed by atoms with Crippen molar-refractivity contribution in [2.24, 2.45) is 17.8 Å². The average Bonchev–Trinajstić information content (AvgIpc) is 3.19. The van der Waals surface area contributed by atoms with E-state index >= 15 is 0 Å². The summed E-state index contributed by atoms with van der Waals surface area (Å²) in [7, 11) is 5.30. The highest BCUT2D eigenvalue weighted by Crippen LogP contribution is 2.43. The average molecular weight is 854 g/mol. The molecule has 4 rings (SSSR count). The molecule has 1 aromatic carbocycles. The summed E-state index contributed by atoms with van der Waals surface area (Å²) in [4.78, 5) is 16.3. The van der Waals surface area contributed by atoms with Crippen LogP contribution < -0.4 is 10.6 Å². The molecule has 0 radical (unpaired) electrons. The van der Waals surface area contributed by atoms with E-state index in [9.17, 15) is 30.3 Å². The van der Waals surface area contributed by atoms with Crippen LogP contribution in [-0.4, -0.2) is 160 Å². The quantitative estimate of drug-likeness (QED) is 0.160. The topological polar surface area (TPSA) is 201 Å². The summed E-state index contributed by atoms with van der Waals surface area (Å²) in [5.74, 6) is -2.72. The summed E-state index contributed by atoms with van der Waals surface area (Å²) >= 11 is 0. The van der Waals surface area contributed by atoms with Gasteiger partial charge in [-0.25, -0.2) is 0 Å². The van der Waals surface area contributed by atoms with Crippen molar-refractivity contribution in [2.45, 2.75) is 191 Å². The first-order chi connectivity index (χ1) is 27.9. The van der Waals surface area contributed by atoms with E-state index in [-0.39, 0.29) is 43.9 Å². The number of carbonyl (C=O) groups excluding carboxylic acids is 1. The minimum absolute atomic E-state index is 0.0653. The molecule has 0 aliphatic carbocycles. The number of methoxy groups -OCH3 is 1. The highest BCUT2D eigenvalue weighted by atomic mass is 16.7. The molecule has 0 unspecified atom stereocenters. The number of hydrogen-bond donors (Lipinski definition) is 7. The lowest BCUT2D eigenvalue weighted by atomic mass is 9.75. The van der Waals surface area contributed by atoms with Gasteiger partial charge in [0.15, 0.2) is 12.6 Å². The molecule has 0 spiro atoms. The van der Waals surface area contributed by atoms with Crippen LogP contribution in [0.3, 0.4) is 0 Å². The van der Waals surface area contributed by atoms with Crippen LogP contribution in [0, 0.1) is 17.8 Å². The number of esters is 1. The van der Waals surface area contributed by atoms with E-state index in [1.807, 2.05) is 70.1 Å². The molecule has 0 amide bonds. The maximum atomic E-state index is 14.4. The van der Waals surface area contributed by atoms with Crippen LogP contribution in [0.4, 0.5) is 0 Å². The minimum Gasteiger partial charge on any atom is -0.459 e. The molecule has 0 aromatic heterocycles. The van der Waals surface area contributed by atoms with Crippen LogP contribution in [0.2, 0.25) is 0 Å². The van der Waals surface area contributed by atoms with Gasteiger partial charge in [0.1, 0.15) is 35.1 Å². The van der Waals surface area contributed by atoms with Gasteiger partial charge >= 0.3 is 5.97 Å². The van der Waals surface area contributed by atoms with E-state index in [4.69, 9.17) is 28.4 Å². The maximum absolute atomic E-state index is 14.4. The minimum atomic E-state index is -1.83. The Morgan fingerprint density at radius 3 is 2.20 bits per heavy atom. The first kappa shape index (κ1) is 50.8. The highest BCUT2D eigenvalue weighted by Gasteiger charge is 2.58. The van der Waals surface area contributed by atoms with Crippen molar-refractivity contribution in [1.29, 1.82) is 0 Å². The first-order valence-electron chi connectivity index (χ1n) is 22.0. The molecule has 7 N–H and O–H groups in total. The Labute approximate surface area is 358 Å². The predicted octanol–water partition coefficient (Wildman–Crippen LogP) is 2.72. The van der Waals surface area contributed by atoms with E-state index in [0.717, 1.165) is 5.56 Å². The Kier molecular flexibility index (Phi) is 17.6. The monoisotopic (exact) mass is 854 g/mol. The van der Waals surface area contributed by atoms with Crippen molar-refractivity contribution in [1.82, 2.24) is 15.5 Å². The van der Waals surface area contributed by atoms with E-state index < -0.39 is 95.5 Å². The molecule has 3 heterocycles. The molecule has 3 fully saturated rings. The number of likely N-dealkylation sites (N-methyl/N-ethyl adjacent to an activating group) is 1. The van der Waals surface area contributed by atoms with Gasteiger partial charge in [-0.3, -0.25) is 4.79 Å². The van der Waals surface area contributed by atoms with E-state index in [0.29, 0.717) is 19.5 Å². The standard InChI is InChI=1S/C45H79N3O12/c1-14-34-44(10,53)38(50)30(6)47-23-26(2)21-42(8,52)39(60-41-36(49)33(48(11)12)20-27(3)56-41)28(4)37(29(5)40(51)58-34)59-35-22-43(9,55-13)45(54,31(7)57-35)25-46-24-32-18-16-15-17-19-32/h15-19,26-31,33-39,41,46-47,49-50,52-54H,14,20-25H2,1-13H3/t26-,27-,28+,29-,30+,31+,33+,34+,35+,36-,37+,38-,39-,41+,42+,43-,44-,45-/m1/s1. The number of hydrogen-bond acceptors (Lipinski definition) is 15. The molecule has 1 aromatic rings. The van der Waals surface area contributed by atoms with Crippen molar-refractivity contribution in [2.75, 3.05) is 34.3 Å². The second-order valence-corrected chi connectivity index (χ2v) is 19.1. The molecule has 3 saturated heterocycles. The van der Waals surface area contributed by atoms with Crippen molar-refractivity contribution < 1.29 is 58.7 Å². The molecule has 60 heavy (non-hydrogen) atoms. The van der Waals surface area contributed by atoms with Crippen molar-refractivity contribution in [3.63, 3.8) is 0 Å². The van der Waals surface area contributed by atoms with Gasteiger partial charge in [-0.05, 0) is 99.9 Å². The number of cyclic esters (lactones) is 1. The van der Waals surface area contributed by atoms with Gasteiger partial charge in [0.05, 0.1) is 35.9 Å². The number of benzene rings is 1. The van der Waals surface area contributed by atoms with Gasteiger partial charge in [-0.2, -0.15) is 0 Å². The summed E-state index contributed by atoms with van der Waals surface area (Å²) in [6.07, 6.45) is -7.80. The van der Waals surface area contributed by atoms with E-state index in [1.54, 1.807) is 41.5 Å². The molecule has 15 heteroatoms. The Hall–Kier alpha value is -1.83. The number of aliphatic hydroxyl groups is 5. The van der Waals surface area contributed by atoms with Gasteiger partial charge in [0, 0.05) is 44.6 Å². The highest BCUT2D eigenvalue weighted by molar-refractivity contribution is 5.73. The number of nitrogens with one attached hydrogen (secondary N) is 2. The third kappa shape index (κ3) is 11.5. The second-order valence-electron chi connectivity index (χ2n) is 19.1. The fraction of sp³-hybridized carbons (Fsp3) is 0.844. The second kappa shape index (κ2) is 20.8. The van der Waals surface area contributed by atoms with Crippen LogP contribution in [0.25, 0.3) is 0 Å². The van der Waals surface area contributed by atoms with Crippen LogP contribution in [0.1, 0.15) is 100 Å². The summed E-state index contributed by atoms with van der Waals surface area (Å²) in [6, 6.07) is 8.96. The van der Waals surface area contributed by atoms with Crippen LogP contribution >= 0.6 is 0 Å². The van der Waals surface area contributed by atoms with Crippen molar-refractivity contribution in [3.05, 3.63) is 35.9 Å². The van der Waals surface area contributed by atoms with Crippen molar-refractivity contribution in [3.8, 4) is 0 Å². The zero-order chi connectivity index (χ0) is 45.0. The Morgan fingerprint density at radius 2 is 1.60 bits per heavy atom. The van der Waals surface area contributed by atoms with Crippen LogP contribution in [-0.2, 0) is 39.8 Å². The fourth-order valence-electron chi connectivity index (χ4n) is 9.74. The molecule has 0 saturated carbocycles. The fourth-order valence-corrected chi connectivity index (χ4v) is 9.74. The smallest absolute Gasteiger partial charge is 0.311 e. The largest absolute Gasteiger partial charge is 0.459 e. The van der Waals surface area contributed by atoms with E-state index in [2.05, 4.69) is 10.6 Å². The summed E-state index contributed by atoms with van der Waals surface area (Å²) in [5, 5.41) is 66.3. The van der Waals surface area contributed by atoms with Gasteiger partial charge in [-0.1, -0.05) is 51.1 Å². The number of rotatable bonds is 11. The van der Waals surface area contributed by atoms with Gasteiger partial charge < -0.3 is 69.5 Å². The zero-order valence-electron chi connectivity index (χ0n) is 38.5. The molecule has 15 nitrogen and oxygen atoms in total. The molecule has 3 aliphatic heterocycles. The molecule has 18 atom stereocenters. The molecule has 0 bridgehead atoms. The summed E-state index contributed by atoms with van der Waals surface area (Å²) < 4.78 is 38.6. The van der Waals surface area contributed by atoms with Crippen LogP contribution in [0.15, 0.2) is 30.3 Å². The van der Waals surface area contributed by atoms with Gasteiger partial charge in [0.2, 0.25) is 0 Å². The van der Waals surface area contributed by atoms with Crippen LogP contribution in [0.5, 0.6) is 0 Å². The number of carbonyl (C=O) groups is 1. The molecule has 346 valence electrons. The molecular weight excluding hydrogens is 775 g/mol. The first-order valence-corrected chi connectivity index (χ1v) is 22.0. The van der Waals surface area contributed by atoms with Gasteiger partial charge in [-0.15, -0.1) is 0 Å². The summed E-state index contributed by atoms with van der Waals surface area (Å²) in [6.45, 7) is 18.6. The van der Waals surface area contributed by atoms with E-state index in [1.165, 1.54) is 14.0 Å². The number of nitrogens with zero attached hydrogens (tertiary/aromatic N) is 1. The van der Waals surface area contributed by atoms with Crippen molar-refractivity contribution >= 4 is 5.97 Å². The summed E-state index contributed by atoms with van der Waals surface area (Å²) in [5.41, 5.74) is -5.05. The molecule has 3 aliphatic rings. The lowest BCUT2D eigenvalue weighted by Crippen LogP contribution is -2.70. The lowest BCUT2D eigenvalue weighted by molar-refractivity contribution is -0.336. The third-order valence-electron chi connectivity index (χ3n) is 13.8. The molecular formula is C45H79N3O12. The zero-order valence-corrected chi connectivity index (χ0v) is 38.5. The number of ether oxygens (including phenoxy) is 6. The SMILES string of the molecule is CC[C@@H]1OC(=O)[C@H](C)[C@@H](O[C@H]2C[C@@](C)(OC)[C@@](O)(CNCc3ccccc3)[C@H](C)O2)[C@H](C)[C@@H](O[C@@H]2O[C@H](C)C[C@H](N(C)C)[C@H]2O)[C@@](C)(O)C[C@@H](C)CN[C@@H](C)[C@@H](O)[C@]1(C)O.